The van der Waals surface area contributed by atoms with Crippen LogP contribution in [0.15, 0.2) is 42.6 Å². The smallest absolute Gasteiger partial charge is 0.354 e. The van der Waals surface area contributed by atoms with Crippen LogP contribution in [0.3, 0.4) is 0 Å². The molecule has 1 aromatic heterocycles. The van der Waals surface area contributed by atoms with Crippen molar-refractivity contribution >= 4 is 5.97 Å². The molecule has 1 heterocycles. The number of benzene rings is 1. The van der Waals surface area contributed by atoms with Crippen molar-refractivity contribution in [2.45, 2.75) is 0 Å². The van der Waals surface area contributed by atoms with Gasteiger partial charge in [0.15, 0.2) is 0 Å². The van der Waals surface area contributed by atoms with Gasteiger partial charge >= 0.3 is 5.97 Å². The molecule has 0 amide bonds. The van der Waals surface area contributed by atoms with E-state index in [4.69, 9.17) is 5.11 Å². The third-order valence-electron chi connectivity index (χ3n) is 2.19. The molecule has 0 unspecified atom stereocenters. The minimum Gasteiger partial charge on any atom is -0.506 e. The third kappa shape index (κ3) is 1.86. The van der Waals surface area contributed by atoms with Crippen LogP contribution < -0.4 is 0 Å². The Hall–Kier alpha value is -2.36. The molecule has 16 heavy (non-hydrogen) atoms. The highest BCUT2D eigenvalue weighted by Crippen LogP contribution is 2.28. The molecule has 1 aromatic carbocycles. The number of aromatic carboxylic acids is 1. The largest absolute Gasteiger partial charge is 0.506 e. The summed E-state index contributed by atoms with van der Waals surface area (Å²) in [5.74, 6) is -1.15. The van der Waals surface area contributed by atoms with E-state index in [0.717, 1.165) is 11.8 Å². The van der Waals surface area contributed by atoms with Crippen LogP contribution in [0, 0.1) is 0 Å². The molecule has 0 aliphatic carbocycles. The van der Waals surface area contributed by atoms with Crippen LogP contribution in [0.2, 0.25) is 0 Å². The van der Waals surface area contributed by atoms with Gasteiger partial charge in [0, 0.05) is 5.56 Å². The first-order valence-corrected chi connectivity index (χ1v) is 4.66. The van der Waals surface area contributed by atoms with Crippen molar-refractivity contribution in [3.8, 4) is 16.9 Å². The first-order valence-electron chi connectivity index (χ1n) is 4.66. The average molecular weight is 215 g/mol. The summed E-state index contributed by atoms with van der Waals surface area (Å²) in [5, 5.41) is 18.4. The quantitative estimate of drug-likeness (QED) is 0.805. The van der Waals surface area contributed by atoms with E-state index in [1.54, 1.807) is 12.1 Å². The second kappa shape index (κ2) is 4.02. The van der Waals surface area contributed by atoms with Gasteiger partial charge in [0.05, 0.1) is 6.20 Å². The Bertz CT molecular complexity index is 523. The Morgan fingerprint density at radius 2 is 1.88 bits per heavy atom. The van der Waals surface area contributed by atoms with E-state index in [9.17, 15) is 9.90 Å². The van der Waals surface area contributed by atoms with E-state index in [-0.39, 0.29) is 11.4 Å². The molecule has 0 radical (unpaired) electrons. The van der Waals surface area contributed by atoms with Gasteiger partial charge in [0.25, 0.3) is 0 Å². The third-order valence-corrected chi connectivity index (χ3v) is 2.19. The van der Waals surface area contributed by atoms with Gasteiger partial charge in [-0.1, -0.05) is 30.3 Å². The Balaban J connectivity index is 2.56. The maximum Gasteiger partial charge on any atom is 0.354 e. The first-order chi connectivity index (χ1) is 7.68. The Morgan fingerprint density at radius 1 is 1.19 bits per heavy atom. The van der Waals surface area contributed by atoms with E-state index in [1.165, 1.54) is 6.07 Å². The maximum atomic E-state index is 10.8. The Morgan fingerprint density at radius 3 is 2.50 bits per heavy atom. The van der Waals surface area contributed by atoms with E-state index >= 15 is 0 Å². The summed E-state index contributed by atoms with van der Waals surface area (Å²) in [6.45, 7) is 0. The monoisotopic (exact) mass is 215 g/mol. The van der Waals surface area contributed by atoms with Gasteiger partial charge < -0.3 is 10.2 Å². The highest BCUT2D eigenvalue weighted by molar-refractivity contribution is 5.88. The molecule has 80 valence electrons. The van der Waals surface area contributed by atoms with Gasteiger partial charge in [-0.25, -0.2) is 9.78 Å². The predicted molar refractivity (Wildman–Crippen MR) is 58.3 cm³/mol. The minimum absolute atomic E-state index is 0.0313. The Kier molecular flexibility index (Phi) is 2.55. The molecule has 0 saturated heterocycles. The molecular formula is C12H9NO3. The van der Waals surface area contributed by atoms with Crippen molar-refractivity contribution in [3.05, 3.63) is 48.3 Å². The van der Waals surface area contributed by atoms with Gasteiger partial charge in [-0.2, -0.15) is 0 Å². The molecule has 0 saturated carbocycles. The number of nitrogens with zero attached hydrogens (tertiary/aromatic N) is 1. The maximum absolute atomic E-state index is 10.8. The summed E-state index contributed by atoms with van der Waals surface area (Å²) >= 11 is 0. The van der Waals surface area contributed by atoms with E-state index in [0.29, 0.717) is 5.56 Å². The molecule has 0 bridgehead atoms. The summed E-state index contributed by atoms with van der Waals surface area (Å²) in [7, 11) is 0. The molecule has 2 rings (SSSR count). The van der Waals surface area contributed by atoms with Crippen molar-refractivity contribution in [2.24, 2.45) is 0 Å². The zero-order valence-corrected chi connectivity index (χ0v) is 8.29. The van der Waals surface area contributed by atoms with Gasteiger partial charge in [-0.3, -0.25) is 0 Å². The minimum atomic E-state index is -1.11. The highest BCUT2D eigenvalue weighted by Gasteiger charge is 2.10. The van der Waals surface area contributed by atoms with Crippen molar-refractivity contribution in [3.63, 3.8) is 0 Å². The second-order valence-electron chi connectivity index (χ2n) is 3.26. The van der Waals surface area contributed by atoms with Crippen LogP contribution in [0.1, 0.15) is 10.5 Å². The molecule has 4 heteroatoms. The number of carbonyl (C=O) groups is 1. The lowest BCUT2D eigenvalue weighted by Crippen LogP contribution is -1.99. The number of carboxylic acid groups (broad SMARTS) is 1. The zero-order valence-electron chi connectivity index (χ0n) is 8.29. The Labute approximate surface area is 91.8 Å². The van der Waals surface area contributed by atoms with Crippen molar-refractivity contribution in [2.75, 3.05) is 0 Å². The summed E-state index contributed by atoms with van der Waals surface area (Å²) in [6.07, 6.45) is 1.14. The van der Waals surface area contributed by atoms with Gasteiger partial charge in [0.2, 0.25) is 0 Å². The summed E-state index contributed by atoms with van der Waals surface area (Å²) in [6, 6.07) is 10.4. The fraction of sp³-hybridized carbons (Fsp3) is 0. The molecule has 0 fully saturated rings. The number of rotatable bonds is 2. The number of hydrogen-bond donors (Lipinski definition) is 2. The van der Waals surface area contributed by atoms with Crippen LogP contribution in [-0.4, -0.2) is 21.2 Å². The SMILES string of the molecule is O=C(O)c1cc(-c2ccccc2)c(O)cn1. The summed E-state index contributed by atoms with van der Waals surface area (Å²) < 4.78 is 0. The zero-order chi connectivity index (χ0) is 11.5. The summed E-state index contributed by atoms with van der Waals surface area (Å²) in [4.78, 5) is 14.4. The molecule has 0 atom stereocenters. The van der Waals surface area contributed by atoms with Crippen LogP contribution in [0.4, 0.5) is 0 Å². The van der Waals surface area contributed by atoms with Crippen LogP contribution >= 0.6 is 0 Å². The average Bonchev–Trinajstić information content (AvgIpc) is 2.30. The molecular weight excluding hydrogens is 206 g/mol. The number of aromatic nitrogens is 1. The number of hydrogen-bond acceptors (Lipinski definition) is 3. The lowest BCUT2D eigenvalue weighted by atomic mass is 10.1. The van der Waals surface area contributed by atoms with E-state index < -0.39 is 5.97 Å². The van der Waals surface area contributed by atoms with Crippen molar-refractivity contribution in [1.29, 1.82) is 0 Å². The molecule has 4 nitrogen and oxygen atoms in total. The molecule has 0 aliphatic rings. The van der Waals surface area contributed by atoms with Crippen molar-refractivity contribution in [1.82, 2.24) is 4.98 Å². The summed E-state index contributed by atoms with van der Waals surface area (Å²) in [5.41, 5.74) is 1.13. The first kappa shape index (κ1) is 10.2. The number of carboxylic acids is 1. The number of pyridine rings is 1. The molecule has 2 N–H and O–H groups in total. The lowest BCUT2D eigenvalue weighted by molar-refractivity contribution is 0.0690. The standard InChI is InChI=1S/C12H9NO3/c14-11-7-13-10(12(15)16)6-9(11)8-4-2-1-3-5-8/h1-7,14H,(H,15,16). The lowest BCUT2D eigenvalue weighted by Gasteiger charge is -2.04. The fourth-order valence-electron chi connectivity index (χ4n) is 1.41. The van der Waals surface area contributed by atoms with E-state index in [1.807, 2.05) is 18.2 Å². The number of aromatic hydroxyl groups is 1. The van der Waals surface area contributed by atoms with Crippen molar-refractivity contribution < 1.29 is 15.0 Å². The molecule has 0 aliphatic heterocycles. The normalized spacial score (nSPS) is 10.0. The van der Waals surface area contributed by atoms with Gasteiger partial charge in [0.1, 0.15) is 11.4 Å². The van der Waals surface area contributed by atoms with Gasteiger partial charge in [-0.15, -0.1) is 0 Å². The molecule has 2 aromatic rings. The second-order valence-corrected chi connectivity index (χ2v) is 3.26. The van der Waals surface area contributed by atoms with Gasteiger partial charge in [-0.05, 0) is 11.6 Å². The van der Waals surface area contributed by atoms with Crippen LogP contribution in [0.5, 0.6) is 5.75 Å². The van der Waals surface area contributed by atoms with Crippen LogP contribution in [-0.2, 0) is 0 Å². The van der Waals surface area contributed by atoms with E-state index in [2.05, 4.69) is 4.98 Å². The fourth-order valence-corrected chi connectivity index (χ4v) is 1.41. The predicted octanol–water partition coefficient (Wildman–Crippen LogP) is 2.15. The topological polar surface area (TPSA) is 70.4 Å². The van der Waals surface area contributed by atoms with Crippen LogP contribution in [0.25, 0.3) is 11.1 Å². The molecule has 0 spiro atoms. The highest BCUT2D eigenvalue weighted by atomic mass is 16.4.